The van der Waals surface area contributed by atoms with Crippen molar-refractivity contribution in [3.8, 4) is 5.75 Å². The van der Waals surface area contributed by atoms with Crippen molar-refractivity contribution in [3.05, 3.63) is 53.6 Å². The summed E-state index contributed by atoms with van der Waals surface area (Å²) in [5.74, 6) is 0.305. The first kappa shape index (κ1) is 10.7. The zero-order chi connectivity index (χ0) is 13.0. The summed E-state index contributed by atoms with van der Waals surface area (Å²) in [7, 11) is 0. The standard InChI is InChI=1S/C16H10ClNO/c17-10-5-6-11-13(8-10)18-12-7-4-9-2-1-3-14(19)15(9)16(11)12/h1-8,18-19H. The van der Waals surface area contributed by atoms with E-state index >= 15 is 0 Å². The number of H-pyrrole nitrogens is 1. The topological polar surface area (TPSA) is 36.0 Å². The Hall–Kier alpha value is -2.19. The molecular weight excluding hydrogens is 258 g/mol. The molecule has 0 amide bonds. The van der Waals surface area contributed by atoms with Gasteiger partial charge in [-0.25, -0.2) is 0 Å². The van der Waals surface area contributed by atoms with Crippen LogP contribution in [-0.2, 0) is 0 Å². The number of halogens is 1. The van der Waals surface area contributed by atoms with Gasteiger partial charge in [0.05, 0.1) is 0 Å². The quantitative estimate of drug-likeness (QED) is 0.470. The molecule has 0 spiro atoms. The van der Waals surface area contributed by atoms with Crippen molar-refractivity contribution in [2.45, 2.75) is 0 Å². The van der Waals surface area contributed by atoms with Gasteiger partial charge in [0.15, 0.2) is 0 Å². The van der Waals surface area contributed by atoms with Crippen molar-refractivity contribution in [2.75, 3.05) is 0 Å². The van der Waals surface area contributed by atoms with Gasteiger partial charge in [0, 0.05) is 32.2 Å². The molecule has 0 unspecified atom stereocenters. The molecule has 3 heteroatoms. The molecule has 0 bridgehead atoms. The Morgan fingerprint density at radius 3 is 2.68 bits per heavy atom. The summed E-state index contributed by atoms with van der Waals surface area (Å²) in [6.45, 7) is 0. The molecule has 0 aliphatic heterocycles. The molecule has 0 aliphatic carbocycles. The van der Waals surface area contributed by atoms with Gasteiger partial charge in [-0.2, -0.15) is 0 Å². The van der Waals surface area contributed by atoms with E-state index in [1.165, 1.54) is 0 Å². The third-order valence-electron chi connectivity index (χ3n) is 3.54. The molecule has 0 aliphatic rings. The Kier molecular flexibility index (Phi) is 2.06. The summed E-state index contributed by atoms with van der Waals surface area (Å²) in [5, 5.41) is 14.9. The fourth-order valence-corrected chi connectivity index (χ4v) is 2.90. The van der Waals surface area contributed by atoms with Gasteiger partial charge in [0.2, 0.25) is 0 Å². The Morgan fingerprint density at radius 2 is 1.79 bits per heavy atom. The van der Waals surface area contributed by atoms with E-state index in [2.05, 4.69) is 4.98 Å². The highest BCUT2D eigenvalue weighted by Gasteiger charge is 2.10. The largest absolute Gasteiger partial charge is 0.507 e. The molecule has 0 saturated heterocycles. The Bertz CT molecular complexity index is 940. The second-order valence-corrected chi connectivity index (χ2v) is 5.11. The molecule has 3 aromatic carbocycles. The summed E-state index contributed by atoms with van der Waals surface area (Å²) in [5.41, 5.74) is 1.99. The first-order valence-corrected chi connectivity index (χ1v) is 6.43. The van der Waals surface area contributed by atoms with E-state index in [0.717, 1.165) is 32.6 Å². The number of aromatic nitrogens is 1. The molecule has 0 fully saturated rings. The number of phenolic OH excluding ortho intramolecular Hbond substituents is 1. The normalized spacial score (nSPS) is 11.6. The van der Waals surface area contributed by atoms with E-state index in [1.807, 2.05) is 42.5 Å². The molecule has 2 nitrogen and oxygen atoms in total. The fourth-order valence-electron chi connectivity index (χ4n) is 2.73. The average molecular weight is 268 g/mol. The van der Waals surface area contributed by atoms with E-state index in [0.29, 0.717) is 10.8 Å². The van der Waals surface area contributed by atoms with E-state index in [-0.39, 0.29) is 0 Å². The molecule has 1 aromatic heterocycles. The van der Waals surface area contributed by atoms with Crippen LogP contribution in [0.4, 0.5) is 0 Å². The fraction of sp³-hybridized carbons (Fsp3) is 0. The summed E-state index contributed by atoms with van der Waals surface area (Å²) >= 11 is 6.03. The summed E-state index contributed by atoms with van der Waals surface area (Å²) in [6, 6.07) is 15.4. The number of phenols is 1. The van der Waals surface area contributed by atoms with E-state index < -0.39 is 0 Å². The number of nitrogens with one attached hydrogen (secondary N) is 1. The highest BCUT2D eigenvalue weighted by Crippen LogP contribution is 2.37. The maximum atomic E-state index is 10.2. The molecule has 1 heterocycles. The van der Waals surface area contributed by atoms with Crippen molar-refractivity contribution in [1.29, 1.82) is 0 Å². The number of aromatic hydroxyl groups is 1. The Morgan fingerprint density at radius 1 is 0.895 bits per heavy atom. The van der Waals surface area contributed by atoms with Crippen LogP contribution in [0.15, 0.2) is 48.5 Å². The van der Waals surface area contributed by atoms with Gasteiger partial charge in [-0.15, -0.1) is 0 Å². The van der Waals surface area contributed by atoms with Crippen molar-refractivity contribution < 1.29 is 5.11 Å². The molecule has 2 N–H and O–H groups in total. The lowest BCUT2D eigenvalue weighted by atomic mass is 10.0. The van der Waals surface area contributed by atoms with E-state index in [1.54, 1.807) is 6.07 Å². The number of aromatic amines is 1. The van der Waals surface area contributed by atoms with Crippen LogP contribution in [-0.4, -0.2) is 10.1 Å². The predicted molar refractivity (Wildman–Crippen MR) is 80.0 cm³/mol. The molecule has 92 valence electrons. The van der Waals surface area contributed by atoms with Crippen LogP contribution in [0.1, 0.15) is 0 Å². The van der Waals surface area contributed by atoms with Crippen molar-refractivity contribution in [1.82, 2.24) is 4.98 Å². The SMILES string of the molecule is Oc1cccc2ccc3[nH]c4cc(Cl)ccc4c3c12. The molecule has 0 saturated carbocycles. The highest BCUT2D eigenvalue weighted by molar-refractivity contribution is 6.32. The van der Waals surface area contributed by atoms with Gasteiger partial charge < -0.3 is 10.1 Å². The summed E-state index contributed by atoms with van der Waals surface area (Å²) < 4.78 is 0. The zero-order valence-corrected chi connectivity index (χ0v) is 10.7. The average Bonchev–Trinajstić information content (AvgIpc) is 2.76. The maximum Gasteiger partial charge on any atom is 0.124 e. The van der Waals surface area contributed by atoms with Crippen LogP contribution in [0.5, 0.6) is 5.75 Å². The minimum absolute atomic E-state index is 0.305. The lowest BCUT2D eigenvalue weighted by molar-refractivity contribution is 0.482. The molecular formula is C16H10ClNO. The van der Waals surface area contributed by atoms with E-state index in [9.17, 15) is 5.11 Å². The molecule has 4 rings (SSSR count). The van der Waals surface area contributed by atoms with Crippen molar-refractivity contribution >= 4 is 44.2 Å². The lowest BCUT2D eigenvalue weighted by Crippen LogP contribution is -1.76. The van der Waals surface area contributed by atoms with Gasteiger partial charge in [0.1, 0.15) is 5.75 Å². The maximum absolute atomic E-state index is 10.2. The first-order chi connectivity index (χ1) is 9.24. The van der Waals surface area contributed by atoms with Crippen LogP contribution in [0, 0.1) is 0 Å². The number of hydrogen-bond acceptors (Lipinski definition) is 1. The Labute approximate surface area is 114 Å². The number of fused-ring (bicyclic) bond motifs is 5. The molecule has 0 atom stereocenters. The smallest absolute Gasteiger partial charge is 0.124 e. The van der Waals surface area contributed by atoms with Gasteiger partial charge in [-0.05, 0) is 29.7 Å². The molecule has 4 aromatic rings. The predicted octanol–water partition coefficient (Wildman–Crippen LogP) is 4.83. The van der Waals surface area contributed by atoms with Gasteiger partial charge in [0.25, 0.3) is 0 Å². The second-order valence-electron chi connectivity index (χ2n) is 4.68. The van der Waals surface area contributed by atoms with Crippen molar-refractivity contribution in [3.63, 3.8) is 0 Å². The number of rotatable bonds is 0. The minimum atomic E-state index is 0.305. The molecule has 0 radical (unpaired) electrons. The van der Waals surface area contributed by atoms with Gasteiger partial charge >= 0.3 is 0 Å². The number of benzene rings is 3. The third kappa shape index (κ3) is 1.44. The number of hydrogen-bond donors (Lipinski definition) is 2. The van der Waals surface area contributed by atoms with Crippen LogP contribution in [0.3, 0.4) is 0 Å². The van der Waals surface area contributed by atoms with Crippen molar-refractivity contribution in [2.24, 2.45) is 0 Å². The summed E-state index contributed by atoms with van der Waals surface area (Å²) in [6.07, 6.45) is 0. The lowest BCUT2D eigenvalue weighted by Gasteiger charge is -2.03. The molecule has 19 heavy (non-hydrogen) atoms. The monoisotopic (exact) mass is 267 g/mol. The van der Waals surface area contributed by atoms with Crippen LogP contribution < -0.4 is 0 Å². The highest BCUT2D eigenvalue weighted by atomic mass is 35.5. The summed E-state index contributed by atoms with van der Waals surface area (Å²) in [4.78, 5) is 3.34. The minimum Gasteiger partial charge on any atom is -0.507 e. The third-order valence-corrected chi connectivity index (χ3v) is 3.78. The van der Waals surface area contributed by atoms with Gasteiger partial charge in [-0.3, -0.25) is 0 Å². The van der Waals surface area contributed by atoms with Crippen LogP contribution >= 0.6 is 11.6 Å². The Balaban J connectivity index is 2.35. The van der Waals surface area contributed by atoms with Crippen LogP contribution in [0.25, 0.3) is 32.6 Å². The van der Waals surface area contributed by atoms with E-state index in [4.69, 9.17) is 11.6 Å². The van der Waals surface area contributed by atoms with Gasteiger partial charge in [-0.1, -0.05) is 35.9 Å². The zero-order valence-electron chi connectivity index (χ0n) is 9.94. The second kappa shape index (κ2) is 3.65. The van der Waals surface area contributed by atoms with Crippen LogP contribution in [0.2, 0.25) is 5.02 Å². The first-order valence-electron chi connectivity index (χ1n) is 6.06.